The zero-order valence-corrected chi connectivity index (χ0v) is 14.9. The highest BCUT2D eigenvalue weighted by molar-refractivity contribution is 5.78. The average molecular weight is 337 g/mol. The van der Waals surface area contributed by atoms with Crippen LogP contribution in [0.15, 0.2) is 41.1 Å². The number of furan rings is 1. The normalized spacial score (nSPS) is 19.3. The molecule has 1 aliphatic rings. The minimum absolute atomic E-state index is 0.0406. The van der Waals surface area contributed by atoms with Gasteiger partial charge < -0.3 is 13.7 Å². The molecule has 0 aliphatic heterocycles. The molecule has 0 bridgehead atoms. The van der Waals surface area contributed by atoms with Crippen LogP contribution in [0, 0.1) is 12.8 Å². The van der Waals surface area contributed by atoms with Gasteiger partial charge in [0.15, 0.2) is 0 Å². The fourth-order valence-corrected chi connectivity index (χ4v) is 3.30. The number of amides is 1. The lowest BCUT2D eigenvalue weighted by molar-refractivity contribution is -0.130. The third-order valence-electron chi connectivity index (χ3n) is 5.04. The van der Waals surface area contributed by atoms with Crippen LogP contribution in [0.4, 0.5) is 0 Å². The van der Waals surface area contributed by atoms with Crippen molar-refractivity contribution in [1.82, 2.24) is 14.3 Å². The van der Waals surface area contributed by atoms with E-state index in [0.29, 0.717) is 18.9 Å². The van der Waals surface area contributed by atoms with Crippen LogP contribution in [-0.4, -0.2) is 27.2 Å². The highest BCUT2D eigenvalue weighted by Crippen LogP contribution is 2.47. The van der Waals surface area contributed by atoms with Gasteiger partial charge in [0, 0.05) is 25.4 Å². The molecule has 0 N–H and O–H groups in total. The monoisotopic (exact) mass is 337 g/mol. The number of aromatic nitrogens is 2. The van der Waals surface area contributed by atoms with E-state index in [1.807, 2.05) is 55.0 Å². The van der Waals surface area contributed by atoms with Crippen LogP contribution in [0.1, 0.15) is 42.0 Å². The van der Waals surface area contributed by atoms with Crippen molar-refractivity contribution in [3.05, 3.63) is 59.4 Å². The Morgan fingerprint density at radius 3 is 2.92 bits per heavy atom. The van der Waals surface area contributed by atoms with Gasteiger partial charge in [-0.25, -0.2) is 4.98 Å². The lowest BCUT2D eigenvalue weighted by Crippen LogP contribution is -2.27. The Labute approximate surface area is 147 Å². The smallest absolute Gasteiger partial charge is 0.228 e. The number of hydrogen-bond acceptors (Lipinski definition) is 3. The van der Waals surface area contributed by atoms with Crippen LogP contribution in [0.5, 0.6) is 0 Å². The van der Waals surface area contributed by atoms with Crippen LogP contribution < -0.4 is 0 Å². The summed E-state index contributed by atoms with van der Waals surface area (Å²) in [6.45, 7) is 4.75. The summed E-state index contributed by atoms with van der Waals surface area (Å²) in [5.41, 5.74) is 2.80. The van der Waals surface area contributed by atoms with E-state index in [9.17, 15) is 4.79 Å². The van der Waals surface area contributed by atoms with E-state index in [1.54, 1.807) is 4.90 Å². The summed E-state index contributed by atoms with van der Waals surface area (Å²) < 4.78 is 7.86. The zero-order valence-electron chi connectivity index (χ0n) is 14.9. The minimum Gasteiger partial charge on any atom is -0.464 e. The second-order valence-electron chi connectivity index (χ2n) is 7.20. The second kappa shape index (κ2) is 6.06. The Morgan fingerprint density at radius 2 is 2.20 bits per heavy atom. The van der Waals surface area contributed by atoms with Crippen molar-refractivity contribution in [2.45, 2.75) is 39.2 Å². The lowest BCUT2D eigenvalue weighted by Gasteiger charge is -2.14. The fourth-order valence-electron chi connectivity index (χ4n) is 3.30. The van der Waals surface area contributed by atoms with E-state index in [4.69, 9.17) is 4.42 Å². The Hall–Kier alpha value is -2.56. The molecule has 25 heavy (non-hydrogen) atoms. The van der Waals surface area contributed by atoms with Gasteiger partial charge in [0.25, 0.3) is 0 Å². The first kappa shape index (κ1) is 15.9. The molecule has 0 unspecified atom stereocenters. The van der Waals surface area contributed by atoms with Crippen molar-refractivity contribution in [3.8, 4) is 0 Å². The van der Waals surface area contributed by atoms with Gasteiger partial charge in [-0.3, -0.25) is 4.79 Å². The number of carbonyl (C=O) groups is 1. The number of fused-ring (bicyclic) bond motifs is 1. The summed E-state index contributed by atoms with van der Waals surface area (Å²) in [7, 11) is 1.81. The van der Waals surface area contributed by atoms with Crippen LogP contribution in [0.2, 0.25) is 0 Å². The minimum atomic E-state index is 0.0406. The van der Waals surface area contributed by atoms with Crippen LogP contribution >= 0.6 is 0 Å². The first-order valence-corrected chi connectivity index (χ1v) is 8.77. The number of likely N-dealkylation sites (N-methyl/N-ethyl adjacent to an activating group) is 1. The number of nitrogens with zero attached hydrogens (tertiary/aromatic N) is 3. The van der Waals surface area contributed by atoms with E-state index in [0.717, 1.165) is 34.3 Å². The predicted octanol–water partition coefficient (Wildman–Crippen LogP) is 3.56. The molecule has 0 spiro atoms. The molecule has 0 aromatic carbocycles. The SMILES string of the molecule is Cc1cccn2cc(CC(=O)N(C)Cc3ccc([C@H]4C[C@@H]4C)o3)nc12. The summed E-state index contributed by atoms with van der Waals surface area (Å²) in [5.74, 6) is 3.22. The van der Waals surface area contributed by atoms with Crippen LogP contribution in [0.25, 0.3) is 5.65 Å². The third kappa shape index (κ3) is 3.18. The first-order chi connectivity index (χ1) is 12.0. The number of aryl methyl sites for hydroxylation is 1. The van der Waals surface area contributed by atoms with Gasteiger partial charge in [-0.2, -0.15) is 0 Å². The molecule has 1 saturated carbocycles. The van der Waals surface area contributed by atoms with Gasteiger partial charge >= 0.3 is 0 Å². The van der Waals surface area contributed by atoms with Crippen molar-refractivity contribution < 1.29 is 9.21 Å². The van der Waals surface area contributed by atoms with Gasteiger partial charge in [0.05, 0.1) is 18.7 Å². The lowest BCUT2D eigenvalue weighted by atomic mass is 10.2. The van der Waals surface area contributed by atoms with Crippen molar-refractivity contribution in [2.75, 3.05) is 7.05 Å². The van der Waals surface area contributed by atoms with Crippen molar-refractivity contribution >= 4 is 11.6 Å². The maximum Gasteiger partial charge on any atom is 0.228 e. The maximum absolute atomic E-state index is 12.5. The molecule has 0 radical (unpaired) electrons. The molecule has 1 fully saturated rings. The molecule has 0 saturated heterocycles. The fraction of sp³-hybridized carbons (Fsp3) is 0.400. The molecular formula is C20H23N3O2. The zero-order chi connectivity index (χ0) is 17.6. The maximum atomic E-state index is 12.5. The van der Waals surface area contributed by atoms with Crippen molar-refractivity contribution in [3.63, 3.8) is 0 Å². The van der Waals surface area contributed by atoms with Crippen molar-refractivity contribution in [1.29, 1.82) is 0 Å². The number of rotatable bonds is 5. The van der Waals surface area contributed by atoms with Crippen molar-refractivity contribution in [2.24, 2.45) is 5.92 Å². The molecule has 3 aromatic heterocycles. The quantitative estimate of drug-likeness (QED) is 0.715. The van der Waals surface area contributed by atoms with Gasteiger partial charge in [-0.1, -0.05) is 13.0 Å². The highest BCUT2D eigenvalue weighted by Gasteiger charge is 2.36. The highest BCUT2D eigenvalue weighted by atomic mass is 16.3. The summed E-state index contributed by atoms with van der Waals surface area (Å²) in [5, 5.41) is 0. The molecule has 5 heteroatoms. The Morgan fingerprint density at radius 1 is 1.40 bits per heavy atom. The predicted molar refractivity (Wildman–Crippen MR) is 95.3 cm³/mol. The van der Waals surface area contributed by atoms with Crippen LogP contribution in [-0.2, 0) is 17.8 Å². The summed E-state index contributed by atoms with van der Waals surface area (Å²) in [6, 6.07) is 8.04. The van der Waals surface area contributed by atoms with Gasteiger partial charge in [-0.15, -0.1) is 0 Å². The molecular weight excluding hydrogens is 314 g/mol. The number of hydrogen-bond donors (Lipinski definition) is 0. The third-order valence-corrected chi connectivity index (χ3v) is 5.04. The molecule has 1 amide bonds. The van der Waals surface area contributed by atoms with E-state index >= 15 is 0 Å². The number of pyridine rings is 1. The second-order valence-corrected chi connectivity index (χ2v) is 7.20. The topological polar surface area (TPSA) is 50.8 Å². The molecule has 5 nitrogen and oxygen atoms in total. The summed E-state index contributed by atoms with van der Waals surface area (Å²) >= 11 is 0. The van der Waals surface area contributed by atoms with E-state index < -0.39 is 0 Å². The summed E-state index contributed by atoms with van der Waals surface area (Å²) in [6.07, 6.45) is 5.38. The van der Waals surface area contributed by atoms with E-state index in [-0.39, 0.29) is 5.91 Å². The largest absolute Gasteiger partial charge is 0.464 e. The Kier molecular flexibility index (Phi) is 3.86. The molecule has 130 valence electrons. The van der Waals surface area contributed by atoms with Crippen LogP contribution in [0.3, 0.4) is 0 Å². The van der Waals surface area contributed by atoms with E-state index in [2.05, 4.69) is 11.9 Å². The number of imidazole rings is 1. The van der Waals surface area contributed by atoms with Gasteiger partial charge in [0.2, 0.25) is 5.91 Å². The average Bonchev–Trinajstić information content (AvgIpc) is 2.98. The first-order valence-electron chi connectivity index (χ1n) is 8.77. The molecule has 3 heterocycles. The molecule has 4 rings (SSSR count). The Balaban J connectivity index is 1.41. The standard InChI is InChI=1S/C20H23N3O2/c1-13-5-4-8-23-11-15(21-20(13)23)10-19(24)22(3)12-16-6-7-18(25-16)17-9-14(17)2/h4-8,11,14,17H,9-10,12H2,1-3H3/t14-,17-/m0/s1. The Bertz CT molecular complexity index is 924. The molecule has 3 aromatic rings. The number of carbonyl (C=O) groups excluding carboxylic acids is 1. The molecule has 1 aliphatic carbocycles. The van der Waals surface area contributed by atoms with Gasteiger partial charge in [-0.05, 0) is 43.0 Å². The summed E-state index contributed by atoms with van der Waals surface area (Å²) in [4.78, 5) is 18.8. The van der Waals surface area contributed by atoms with E-state index in [1.165, 1.54) is 6.42 Å². The molecule has 2 atom stereocenters. The van der Waals surface area contributed by atoms with Gasteiger partial charge in [0.1, 0.15) is 17.2 Å².